The van der Waals surface area contributed by atoms with Gasteiger partial charge < -0.3 is 19.7 Å². The maximum absolute atomic E-state index is 11.9. The first-order valence-electron chi connectivity index (χ1n) is 7.17. The zero-order chi connectivity index (χ0) is 17.5. The van der Waals surface area contributed by atoms with Crippen LogP contribution in [0.3, 0.4) is 0 Å². The van der Waals surface area contributed by atoms with Crippen LogP contribution in [-0.2, 0) is 4.79 Å². The Balaban J connectivity index is 2.06. The van der Waals surface area contributed by atoms with Gasteiger partial charge in [-0.15, -0.1) is 0 Å². The summed E-state index contributed by atoms with van der Waals surface area (Å²) in [6.07, 6.45) is 6.03. The molecule has 0 saturated carbocycles. The van der Waals surface area contributed by atoms with E-state index in [2.05, 4.69) is 0 Å². The molecule has 0 atom stereocenters. The van der Waals surface area contributed by atoms with Crippen LogP contribution < -0.4 is 9.47 Å². The lowest BCUT2D eigenvalue weighted by Gasteiger charge is -2.03. The lowest BCUT2D eigenvalue weighted by atomic mass is 10.1. The smallest absolute Gasteiger partial charge is 0.178 e. The van der Waals surface area contributed by atoms with Gasteiger partial charge in [0.2, 0.25) is 0 Å². The van der Waals surface area contributed by atoms with Crippen molar-refractivity contribution in [3.05, 3.63) is 59.7 Å². The number of methoxy groups -OCH3 is 2. The Morgan fingerprint density at radius 1 is 0.833 bits per heavy atom. The number of benzene rings is 2. The number of hydrogen-bond donors (Lipinski definition) is 2. The van der Waals surface area contributed by atoms with Gasteiger partial charge in [-0.3, -0.25) is 4.79 Å². The Bertz CT molecular complexity index is 790. The quantitative estimate of drug-likeness (QED) is 0.796. The van der Waals surface area contributed by atoms with E-state index in [-0.39, 0.29) is 17.3 Å². The minimum atomic E-state index is -0.211. The van der Waals surface area contributed by atoms with Crippen molar-refractivity contribution in [2.24, 2.45) is 0 Å². The summed E-state index contributed by atoms with van der Waals surface area (Å²) >= 11 is 0. The minimum absolute atomic E-state index is 0.0128. The molecule has 0 aliphatic carbocycles. The summed E-state index contributed by atoms with van der Waals surface area (Å²) < 4.78 is 9.97. The van der Waals surface area contributed by atoms with Crippen molar-refractivity contribution in [1.29, 1.82) is 0 Å². The van der Waals surface area contributed by atoms with Gasteiger partial charge in [0.05, 0.1) is 14.2 Å². The van der Waals surface area contributed by atoms with Gasteiger partial charge in [-0.1, -0.05) is 24.3 Å². The molecule has 0 aliphatic rings. The standard InChI is InChI=1S/C19H18O5/c1-23-18-10-6-13(11-17(18)22)3-7-15(20)8-4-14-5-9-16(21)19(12-14)24-2/h3-12,21-22H,1-2H3/b7-3+,8-4+. The lowest BCUT2D eigenvalue weighted by molar-refractivity contribution is -0.110. The SMILES string of the molecule is COc1ccc(/C=C/C(=O)/C=C/c2ccc(O)c(OC)c2)cc1O. The third-order valence-corrected chi connectivity index (χ3v) is 3.29. The van der Waals surface area contributed by atoms with E-state index in [9.17, 15) is 15.0 Å². The van der Waals surface area contributed by atoms with Crippen LogP contribution >= 0.6 is 0 Å². The Labute approximate surface area is 140 Å². The molecular formula is C19H18O5. The summed E-state index contributed by atoms with van der Waals surface area (Å²) in [6, 6.07) is 9.67. The normalized spacial score (nSPS) is 11.1. The fourth-order valence-corrected chi connectivity index (χ4v) is 2.02. The van der Waals surface area contributed by atoms with E-state index in [1.165, 1.54) is 38.5 Å². The van der Waals surface area contributed by atoms with E-state index in [1.807, 2.05) is 0 Å². The van der Waals surface area contributed by atoms with Crippen molar-refractivity contribution in [3.8, 4) is 23.0 Å². The zero-order valence-electron chi connectivity index (χ0n) is 13.4. The van der Waals surface area contributed by atoms with Crippen LogP contribution in [-0.4, -0.2) is 30.2 Å². The predicted molar refractivity (Wildman–Crippen MR) is 92.4 cm³/mol. The molecule has 2 rings (SSSR count). The molecule has 2 N–H and O–H groups in total. The first-order valence-corrected chi connectivity index (χ1v) is 7.17. The molecule has 0 spiro atoms. The molecule has 0 radical (unpaired) electrons. The molecule has 2 aromatic rings. The molecule has 2 aromatic carbocycles. The third kappa shape index (κ3) is 4.39. The van der Waals surface area contributed by atoms with E-state index in [0.29, 0.717) is 17.1 Å². The highest BCUT2D eigenvalue weighted by Crippen LogP contribution is 2.27. The number of carbonyl (C=O) groups excluding carboxylic acids is 1. The fraction of sp³-hybridized carbons (Fsp3) is 0.105. The van der Waals surface area contributed by atoms with Gasteiger partial charge in [-0.05, 0) is 47.5 Å². The lowest BCUT2D eigenvalue weighted by Crippen LogP contribution is -1.87. The highest BCUT2D eigenvalue weighted by atomic mass is 16.5. The second kappa shape index (κ2) is 7.87. The molecular weight excluding hydrogens is 308 g/mol. The fourth-order valence-electron chi connectivity index (χ4n) is 2.02. The van der Waals surface area contributed by atoms with Crippen LogP contribution in [0.5, 0.6) is 23.0 Å². The van der Waals surface area contributed by atoms with Gasteiger partial charge in [0.1, 0.15) is 0 Å². The average Bonchev–Trinajstić information content (AvgIpc) is 2.59. The highest BCUT2D eigenvalue weighted by molar-refractivity contribution is 6.04. The number of rotatable bonds is 6. The van der Waals surface area contributed by atoms with Crippen molar-refractivity contribution in [3.63, 3.8) is 0 Å². The topological polar surface area (TPSA) is 76.0 Å². The first kappa shape index (κ1) is 17.1. The van der Waals surface area contributed by atoms with E-state index >= 15 is 0 Å². The molecule has 5 nitrogen and oxygen atoms in total. The Morgan fingerprint density at radius 3 is 2.00 bits per heavy atom. The Hall–Kier alpha value is -3.21. The van der Waals surface area contributed by atoms with Crippen molar-refractivity contribution in [1.82, 2.24) is 0 Å². The predicted octanol–water partition coefficient (Wildman–Crippen LogP) is 3.41. The highest BCUT2D eigenvalue weighted by Gasteiger charge is 2.02. The number of carbonyl (C=O) groups is 1. The van der Waals surface area contributed by atoms with Crippen LogP contribution in [0.25, 0.3) is 12.2 Å². The Kier molecular flexibility index (Phi) is 5.63. The van der Waals surface area contributed by atoms with Gasteiger partial charge in [-0.25, -0.2) is 0 Å². The number of hydrogen-bond acceptors (Lipinski definition) is 5. The van der Waals surface area contributed by atoms with E-state index in [1.54, 1.807) is 36.4 Å². The maximum Gasteiger partial charge on any atom is 0.178 e. The number of ether oxygens (including phenoxy) is 2. The zero-order valence-corrected chi connectivity index (χ0v) is 13.4. The molecule has 5 heteroatoms. The number of phenols is 2. The van der Waals surface area contributed by atoms with Crippen molar-refractivity contribution >= 4 is 17.9 Å². The second-order valence-corrected chi connectivity index (χ2v) is 4.93. The van der Waals surface area contributed by atoms with Gasteiger partial charge >= 0.3 is 0 Å². The van der Waals surface area contributed by atoms with Gasteiger partial charge in [0.25, 0.3) is 0 Å². The van der Waals surface area contributed by atoms with Crippen LogP contribution in [0.15, 0.2) is 48.6 Å². The number of ketones is 1. The molecule has 0 aromatic heterocycles. The molecule has 0 fully saturated rings. The number of allylic oxidation sites excluding steroid dienone is 2. The van der Waals surface area contributed by atoms with Crippen molar-refractivity contribution in [2.75, 3.05) is 14.2 Å². The monoisotopic (exact) mass is 326 g/mol. The number of phenolic OH excluding ortho intramolecular Hbond substituents is 2. The largest absolute Gasteiger partial charge is 0.504 e. The summed E-state index contributed by atoms with van der Waals surface area (Å²) in [5.41, 5.74) is 1.41. The molecule has 0 bridgehead atoms. The van der Waals surface area contributed by atoms with Gasteiger partial charge in [-0.2, -0.15) is 0 Å². The molecule has 0 aliphatic heterocycles. The third-order valence-electron chi connectivity index (χ3n) is 3.29. The summed E-state index contributed by atoms with van der Waals surface area (Å²) in [7, 11) is 2.93. The molecule has 0 heterocycles. The summed E-state index contributed by atoms with van der Waals surface area (Å²) in [6.45, 7) is 0. The Morgan fingerprint density at radius 2 is 1.42 bits per heavy atom. The van der Waals surface area contributed by atoms with Crippen molar-refractivity contribution < 1.29 is 24.5 Å². The molecule has 24 heavy (non-hydrogen) atoms. The maximum atomic E-state index is 11.9. The van der Waals surface area contributed by atoms with E-state index in [4.69, 9.17) is 9.47 Å². The minimum Gasteiger partial charge on any atom is -0.504 e. The summed E-state index contributed by atoms with van der Waals surface area (Å²) in [5.74, 6) is 0.560. The van der Waals surface area contributed by atoms with Crippen LogP contribution in [0.2, 0.25) is 0 Å². The van der Waals surface area contributed by atoms with Crippen LogP contribution in [0, 0.1) is 0 Å². The second-order valence-electron chi connectivity index (χ2n) is 4.93. The summed E-state index contributed by atoms with van der Waals surface area (Å²) in [4.78, 5) is 11.9. The first-order chi connectivity index (χ1) is 11.5. The molecule has 0 saturated heterocycles. The molecule has 0 amide bonds. The number of aromatic hydroxyl groups is 2. The summed E-state index contributed by atoms with van der Waals surface area (Å²) in [5, 5.41) is 19.2. The van der Waals surface area contributed by atoms with E-state index in [0.717, 1.165) is 5.56 Å². The van der Waals surface area contributed by atoms with Gasteiger partial charge in [0, 0.05) is 0 Å². The van der Waals surface area contributed by atoms with Crippen molar-refractivity contribution in [2.45, 2.75) is 0 Å². The average molecular weight is 326 g/mol. The van der Waals surface area contributed by atoms with Crippen LogP contribution in [0.4, 0.5) is 0 Å². The molecule has 0 unspecified atom stereocenters. The van der Waals surface area contributed by atoms with E-state index < -0.39 is 0 Å². The van der Waals surface area contributed by atoms with Gasteiger partial charge in [0.15, 0.2) is 28.8 Å². The van der Waals surface area contributed by atoms with Crippen LogP contribution in [0.1, 0.15) is 11.1 Å². The molecule has 124 valence electrons.